The summed E-state index contributed by atoms with van der Waals surface area (Å²) in [6.07, 6.45) is -0.110. The fourth-order valence-electron chi connectivity index (χ4n) is 3.06. The lowest BCUT2D eigenvalue weighted by molar-refractivity contribution is -0.117. The molecule has 1 atom stereocenters. The number of rotatable bonds is 4. The van der Waals surface area contributed by atoms with Crippen molar-refractivity contribution in [2.45, 2.75) is 6.42 Å². The summed E-state index contributed by atoms with van der Waals surface area (Å²) in [5.41, 5.74) is 3.25. The number of benzene rings is 2. The molecule has 128 valence electrons. The Morgan fingerprint density at radius 3 is 2.16 bits per heavy atom. The van der Waals surface area contributed by atoms with Crippen molar-refractivity contribution < 1.29 is 19.1 Å². The Balaban J connectivity index is 1.75. The van der Waals surface area contributed by atoms with Gasteiger partial charge in [0.05, 0.1) is 17.8 Å². The monoisotopic (exact) mass is 356 g/mol. The molecule has 1 amide bonds. The van der Waals surface area contributed by atoms with Crippen LogP contribution in [0.2, 0.25) is 0 Å². The highest BCUT2D eigenvalue weighted by Gasteiger charge is 2.34. The van der Waals surface area contributed by atoms with Gasteiger partial charge in [-0.3, -0.25) is 9.36 Å². The Morgan fingerprint density at radius 2 is 1.64 bits per heavy atom. The minimum Gasteiger partial charge on any atom is -0.324 e. The van der Waals surface area contributed by atoms with Crippen LogP contribution in [0.15, 0.2) is 48.5 Å². The molecule has 2 aromatic carbocycles. The zero-order valence-electron chi connectivity index (χ0n) is 13.4. The van der Waals surface area contributed by atoms with Crippen LogP contribution in [0.25, 0.3) is 11.1 Å². The molecule has 1 unspecified atom stereocenters. The molecule has 0 radical (unpaired) electrons. The van der Waals surface area contributed by atoms with Crippen LogP contribution in [0, 0.1) is 17.2 Å². The van der Waals surface area contributed by atoms with Crippen LogP contribution in [0.5, 0.6) is 0 Å². The first-order chi connectivity index (χ1) is 11.9. The van der Waals surface area contributed by atoms with Gasteiger partial charge in [-0.15, -0.1) is 0 Å². The van der Waals surface area contributed by atoms with Crippen molar-refractivity contribution in [3.05, 3.63) is 54.1 Å². The van der Waals surface area contributed by atoms with Gasteiger partial charge in [-0.25, -0.2) is 0 Å². The van der Waals surface area contributed by atoms with Crippen LogP contribution in [-0.4, -0.2) is 28.4 Å². The first kappa shape index (κ1) is 17.4. The highest BCUT2D eigenvalue weighted by molar-refractivity contribution is 7.51. The molecule has 2 N–H and O–H groups in total. The second-order valence-corrected chi connectivity index (χ2v) is 7.85. The van der Waals surface area contributed by atoms with Gasteiger partial charge < -0.3 is 14.7 Å². The fourth-order valence-corrected chi connectivity index (χ4v) is 3.98. The number of carbonyl (C=O) groups is 1. The molecular formula is C18H17N2O4P. The predicted molar refractivity (Wildman–Crippen MR) is 94.0 cm³/mol. The fraction of sp³-hybridized carbons (Fsp3) is 0.222. The average molecular weight is 356 g/mol. The number of nitriles is 1. The molecule has 6 nitrogen and oxygen atoms in total. The Kier molecular flexibility index (Phi) is 4.73. The molecule has 0 aliphatic carbocycles. The summed E-state index contributed by atoms with van der Waals surface area (Å²) in [6.45, 7) is 0.320. The summed E-state index contributed by atoms with van der Waals surface area (Å²) >= 11 is 0. The van der Waals surface area contributed by atoms with Crippen molar-refractivity contribution in [1.29, 1.82) is 5.26 Å². The number of hydrogen-bond acceptors (Lipinski definition) is 3. The van der Waals surface area contributed by atoms with Crippen molar-refractivity contribution in [1.82, 2.24) is 0 Å². The Morgan fingerprint density at radius 1 is 1.08 bits per heavy atom. The van der Waals surface area contributed by atoms with E-state index in [0.717, 1.165) is 16.8 Å². The molecule has 25 heavy (non-hydrogen) atoms. The molecule has 0 spiro atoms. The lowest BCUT2D eigenvalue weighted by Gasteiger charge is -2.17. The third-order valence-corrected chi connectivity index (χ3v) is 5.22. The molecule has 3 rings (SSSR count). The first-order valence-corrected chi connectivity index (χ1v) is 9.61. The number of amides is 1. The molecule has 1 fully saturated rings. The smallest absolute Gasteiger partial charge is 0.324 e. The first-order valence-electron chi connectivity index (χ1n) is 7.81. The normalized spacial score (nSPS) is 17.6. The van der Waals surface area contributed by atoms with Gasteiger partial charge in [-0.05, 0) is 41.3 Å². The van der Waals surface area contributed by atoms with Gasteiger partial charge >= 0.3 is 7.60 Å². The summed E-state index contributed by atoms with van der Waals surface area (Å²) in [6, 6.07) is 16.7. The minimum absolute atomic E-state index is 0.121. The van der Waals surface area contributed by atoms with Crippen molar-refractivity contribution in [2.75, 3.05) is 17.6 Å². The Hall–Kier alpha value is -2.45. The number of anilines is 1. The molecule has 0 bridgehead atoms. The van der Waals surface area contributed by atoms with E-state index < -0.39 is 7.60 Å². The van der Waals surface area contributed by atoms with Gasteiger partial charge in [-0.1, -0.05) is 24.3 Å². The summed E-state index contributed by atoms with van der Waals surface area (Å²) in [7, 11) is -4.12. The van der Waals surface area contributed by atoms with Gasteiger partial charge in [-0.2, -0.15) is 5.26 Å². The third kappa shape index (κ3) is 4.15. The molecule has 1 heterocycles. The van der Waals surface area contributed by atoms with Crippen molar-refractivity contribution >= 4 is 19.2 Å². The summed E-state index contributed by atoms with van der Waals surface area (Å²) in [5.74, 6) is -0.448. The second kappa shape index (κ2) is 6.81. The highest BCUT2D eigenvalue weighted by atomic mass is 31.2. The molecule has 1 saturated heterocycles. The lowest BCUT2D eigenvalue weighted by Crippen LogP contribution is -2.24. The molecular weight excluding hydrogens is 339 g/mol. The summed E-state index contributed by atoms with van der Waals surface area (Å²) in [4.78, 5) is 31.9. The molecule has 1 aliphatic rings. The number of hydrogen-bond donors (Lipinski definition) is 2. The van der Waals surface area contributed by atoms with Crippen LogP contribution in [-0.2, 0) is 9.36 Å². The van der Waals surface area contributed by atoms with E-state index in [1.54, 1.807) is 17.0 Å². The van der Waals surface area contributed by atoms with Crippen molar-refractivity contribution in [3.8, 4) is 17.2 Å². The van der Waals surface area contributed by atoms with Crippen LogP contribution in [0.3, 0.4) is 0 Å². The van der Waals surface area contributed by atoms with E-state index in [1.165, 1.54) is 0 Å². The van der Waals surface area contributed by atoms with Crippen LogP contribution in [0.4, 0.5) is 5.69 Å². The highest BCUT2D eigenvalue weighted by Crippen LogP contribution is 2.40. The van der Waals surface area contributed by atoms with E-state index in [2.05, 4.69) is 6.07 Å². The predicted octanol–water partition coefficient (Wildman–Crippen LogP) is 2.76. The SMILES string of the molecule is N#Cc1ccc(-c2ccc(N3CC(CP(=O)(O)O)CC3=O)cc2)cc1. The zero-order valence-corrected chi connectivity index (χ0v) is 14.3. The van der Waals surface area contributed by atoms with Gasteiger partial charge in [0.15, 0.2) is 0 Å². The standard InChI is InChI=1S/C18H17N2O4P/c19-10-13-1-3-15(4-2-13)16-5-7-17(8-6-16)20-11-14(9-18(20)21)12-25(22,23)24/h1-8,14H,9,11-12H2,(H2,22,23,24). The van der Waals surface area contributed by atoms with Crippen LogP contribution in [0.1, 0.15) is 12.0 Å². The van der Waals surface area contributed by atoms with E-state index >= 15 is 0 Å². The maximum atomic E-state index is 12.1. The maximum Gasteiger partial charge on any atom is 0.325 e. The summed E-state index contributed by atoms with van der Waals surface area (Å²) < 4.78 is 11.1. The Labute approximate surface area is 145 Å². The van der Waals surface area contributed by atoms with Crippen LogP contribution < -0.4 is 4.90 Å². The lowest BCUT2D eigenvalue weighted by atomic mass is 10.0. The number of nitrogens with zero attached hydrogens (tertiary/aromatic N) is 2. The molecule has 7 heteroatoms. The van der Waals surface area contributed by atoms with Crippen LogP contribution >= 0.6 is 7.60 Å². The average Bonchev–Trinajstić information content (AvgIpc) is 2.93. The van der Waals surface area contributed by atoms with E-state index in [9.17, 15) is 9.36 Å². The quantitative estimate of drug-likeness (QED) is 0.820. The topological polar surface area (TPSA) is 102 Å². The second-order valence-electron chi connectivity index (χ2n) is 6.16. The molecule has 0 saturated carbocycles. The van der Waals surface area contributed by atoms with Gasteiger partial charge in [0.25, 0.3) is 0 Å². The third-order valence-electron chi connectivity index (χ3n) is 4.23. The zero-order chi connectivity index (χ0) is 18.0. The maximum absolute atomic E-state index is 12.1. The van der Waals surface area contributed by atoms with E-state index in [4.69, 9.17) is 15.0 Å². The molecule has 0 aromatic heterocycles. The Bertz CT molecular complexity index is 865. The van der Waals surface area contributed by atoms with Gasteiger partial charge in [0, 0.05) is 18.7 Å². The van der Waals surface area contributed by atoms with Crippen molar-refractivity contribution in [3.63, 3.8) is 0 Å². The van der Waals surface area contributed by atoms with E-state index in [-0.39, 0.29) is 24.4 Å². The molecule has 2 aromatic rings. The minimum atomic E-state index is -4.12. The van der Waals surface area contributed by atoms with E-state index in [1.807, 2.05) is 36.4 Å². The van der Waals surface area contributed by atoms with Crippen molar-refractivity contribution in [2.24, 2.45) is 5.92 Å². The number of carbonyl (C=O) groups excluding carboxylic acids is 1. The molecule has 1 aliphatic heterocycles. The summed E-state index contributed by atoms with van der Waals surface area (Å²) in [5, 5.41) is 8.84. The van der Waals surface area contributed by atoms with Gasteiger partial charge in [0.1, 0.15) is 0 Å². The largest absolute Gasteiger partial charge is 0.325 e. The van der Waals surface area contributed by atoms with Gasteiger partial charge in [0.2, 0.25) is 5.91 Å². The van der Waals surface area contributed by atoms with E-state index in [0.29, 0.717) is 12.1 Å².